The Hall–Kier alpha value is -0.0800. The van der Waals surface area contributed by atoms with Crippen molar-refractivity contribution in [2.45, 2.75) is 133 Å². The van der Waals surface area contributed by atoms with E-state index in [4.69, 9.17) is 9.47 Å². The van der Waals surface area contributed by atoms with Gasteiger partial charge < -0.3 is 9.47 Å². The van der Waals surface area contributed by atoms with Crippen molar-refractivity contribution >= 4 is 0 Å². The third kappa shape index (κ3) is 1.91. The molecule has 0 amide bonds. The van der Waals surface area contributed by atoms with Gasteiger partial charge in [0.15, 0.2) is 0 Å². The van der Waals surface area contributed by atoms with Crippen LogP contribution in [0.5, 0.6) is 0 Å². The first-order valence-electron chi connectivity index (χ1n) is 12.4. The molecule has 30 heavy (non-hydrogen) atoms. The van der Waals surface area contributed by atoms with Crippen LogP contribution in [0.25, 0.3) is 0 Å². The molecule has 2 saturated carbocycles. The average Bonchev–Trinajstić information content (AvgIpc) is 3.38. The SMILES string of the molecule is CC1C(CC2C(C)(C)C(C)(C)C3(C)OC3(C)C2(C)C)C(C)(C)C(C)(C)C2(C)OC12C. The largest absolute Gasteiger partial charge is 0.362 e. The maximum absolute atomic E-state index is 6.70. The maximum Gasteiger partial charge on any atom is 0.101 e. The number of ether oxygens (including phenoxy) is 2. The second-order valence-corrected chi connectivity index (χ2v) is 15.0. The molecule has 2 aliphatic heterocycles. The Morgan fingerprint density at radius 1 is 0.533 bits per heavy atom. The summed E-state index contributed by atoms with van der Waals surface area (Å²) in [6.45, 7) is 36.9. The Balaban J connectivity index is 1.80. The van der Waals surface area contributed by atoms with Crippen LogP contribution >= 0.6 is 0 Å². The Kier molecular flexibility index (Phi) is 3.99. The lowest BCUT2D eigenvalue weighted by molar-refractivity contribution is -0.142. The van der Waals surface area contributed by atoms with Gasteiger partial charge in [-0.2, -0.15) is 0 Å². The van der Waals surface area contributed by atoms with Crippen molar-refractivity contribution in [1.29, 1.82) is 0 Å². The van der Waals surface area contributed by atoms with Gasteiger partial charge >= 0.3 is 0 Å². The third-order valence-electron chi connectivity index (χ3n) is 14.1. The fourth-order valence-electron chi connectivity index (χ4n) is 9.24. The van der Waals surface area contributed by atoms with Crippen LogP contribution in [0.4, 0.5) is 0 Å². The van der Waals surface area contributed by atoms with E-state index in [1.54, 1.807) is 0 Å². The highest BCUT2D eigenvalue weighted by atomic mass is 16.6. The van der Waals surface area contributed by atoms with Gasteiger partial charge in [-0.1, -0.05) is 76.2 Å². The fraction of sp³-hybridized carbons (Fsp3) is 1.00. The molecule has 2 nitrogen and oxygen atoms in total. The van der Waals surface area contributed by atoms with Crippen molar-refractivity contribution < 1.29 is 9.47 Å². The van der Waals surface area contributed by atoms with Crippen LogP contribution in [0.15, 0.2) is 0 Å². The molecule has 2 heterocycles. The first kappa shape index (κ1) is 23.1. The van der Waals surface area contributed by atoms with Gasteiger partial charge in [-0.05, 0) is 68.1 Å². The lowest BCUT2D eigenvalue weighted by Crippen LogP contribution is -2.65. The summed E-state index contributed by atoms with van der Waals surface area (Å²) in [5, 5.41) is 0. The quantitative estimate of drug-likeness (QED) is 0.434. The molecule has 0 radical (unpaired) electrons. The number of hydrogen-bond acceptors (Lipinski definition) is 2. The normalized spacial score (nSPS) is 55.9. The lowest BCUT2D eigenvalue weighted by atomic mass is 9.38. The van der Waals surface area contributed by atoms with E-state index in [0.29, 0.717) is 17.8 Å². The minimum Gasteiger partial charge on any atom is -0.362 e. The third-order valence-corrected chi connectivity index (χ3v) is 14.1. The average molecular weight is 419 g/mol. The van der Waals surface area contributed by atoms with E-state index in [1.807, 2.05) is 0 Å². The topological polar surface area (TPSA) is 25.1 Å². The summed E-state index contributed by atoms with van der Waals surface area (Å²) in [5.74, 6) is 1.73. The number of rotatable bonds is 2. The van der Waals surface area contributed by atoms with Crippen LogP contribution in [0.2, 0.25) is 0 Å². The molecule has 7 unspecified atom stereocenters. The predicted octanol–water partition coefficient (Wildman–Crippen LogP) is 7.50. The zero-order chi connectivity index (χ0) is 23.4. The molecule has 0 N–H and O–H groups in total. The zero-order valence-corrected chi connectivity index (χ0v) is 22.8. The number of hydrogen-bond donors (Lipinski definition) is 0. The second kappa shape index (κ2) is 5.19. The molecule has 2 heteroatoms. The molecule has 2 saturated heterocycles. The summed E-state index contributed by atoms with van der Waals surface area (Å²) >= 11 is 0. The molecule has 4 rings (SSSR count). The van der Waals surface area contributed by atoms with Gasteiger partial charge in [-0.3, -0.25) is 0 Å². The van der Waals surface area contributed by atoms with Crippen LogP contribution in [-0.4, -0.2) is 22.4 Å². The Labute approximate surface area is 187 Å². The van der Waals surface area contributed by atoms with E-state index >= 15 is 0 Å². The summed E-state index contributed by atoms with van der Waals surface area (Å²) < 4.78 is 13.3. The summed E-state index contributed by atoms with van der Waals surface area (Å²) in [5.41, 5.74) is 0.569. The van der Waals surface area contributed by atoms with Crippen molar-refractivity contribution in [3.63, 3.8) is 0 Å². The van der Waals surface area contributed by atoms with Crippen LogP contribution in [-0.2, 0) is 9.47 Å². The monoisotopic (exact) mass is 418 g/mol. The molecular formula is C28H50O2. The van der Waals surface area contributed by atoms with Gasteiger partial charge in [0.1, 0.15) is 16.8 Å². The first-order chi connectivity index (χ1) is 13.0. The van der Waals surface area contributed by atoms with E-state index < -0.39 is 0 Å². The minimum atomic E-state index is -0.0598. The van der Waals surface area contributed by atoms with Crippen molar-refractivity contribution in [3.8, 4) is 0 Å². The van der Waals surface area contributed by atoms with Crippen molar-refractivity contribution in [1.82, 2.24) is 0 Å². The molecule has 0 aromatic rings. The molecule has 2 aliphatic carbocycles. The molecule has 4 aliphatic rings. The molecule has 0 spiro atoms. The van der Waals surface area contributed by atoms with E-state index in [-0.39, 0.29) is 49.5 Å². The van der Waals surface area contributed by atoms with Crippen molar-refractivity contribution in [2.75, 3.05) is 0 Å². The molecular weight excluding hydrogens is 368 g/mol. The van der Waals surface area contributed by atoms with Gasteiger partial charge in [0, 0.05) is 10.8 Å². The maximum atomic E-state index is 6.70. The number of fused-ring (bicyclic) bond motifs is 2. The second-order valence-electron chi connectivity index (χ2n) is 15.0. The van der Waals surface area contributed by atoms with Crippen LogP contribution in [0.1, 0.15) is 110 Å². The summed E-state index contributed by atoms with van der Waals surface area (Å²) in [7, 11) is 0. The zero-order valence-electron chi connectivity index (χ0n) is 22.8. The van der Waals surface area contributed by atoms with E-state index in [1.165, 1.54) is 6.42 Å². The van der Waals surface area contributed by atoms with Crippen molar-refractivity contribution in [3.05, 3.63) is 0 Å². The molecule has 0 bridgehead atoms. The number of epoxide rings is 2. The Bertz CT molecular complexity index is 788. The highest BCUT2D eigenvalue weighted by Gasteiger charge is 2.85. The van der Waals surface area contributed by atoms with Crippen molar-refractivity contribution in [2.24, 2.45) is 44.8 Å². The molecule has 0 aromatic carbocycles. The van der Waals surface area contributed by atoms with Crippen LogP contribution in [0, 0.1) is 44.8 Å². The smallest absolute Gasteiger partial charge is 0.101 e. The fourth-order valence-corrected chi connectivity index (χ4v) is 9.24. The Morgan fingerprint density at radius 2 is 1.00 bits per heavy atom. The van der Waals surface area contributed by atoms with E-state index in [2.05, 4.69) is 104 Å². The Morgan fingerprint density at radius 3 is 1.50 bits per heavy atom. The van der Waals surface area contributed by atoms with Gasteiger partial charge in [0.25, 0.3) is 0 Å². The molecule has 4 fully saturated rings. The molecule has 7 atom stereocenters. The lowest BCUT2D eigenvalue weighted by Gasteiger charge is -2.64. The van der Waals surface area contributed by atoms with Gasteiger partial charge in [0.2, 0.25) is 0 Å². The molecule has 174 valence electrons. The standard InChI is InChI=1S/C28H50O2/c1-17-18(20(2,3)23(8,9)27(14)25(17,12)29-27)16-19-21(4,5)24(10,11)28(15)26(13,30-28)22(19,6)7/h17-19H,16H2,1-15H3. The summed E-state index contributed by atoms with van der Waals surface area (Å²) in [6.07, 6.45) is 1.24. The highest BCUT2D eigenvalue weighted by molar-refractivity contribution is 5.32. The van der Waals surface area contributed by atoms with E-state index in [0.717, 1.165) is 0 Å². The van der Waals surface area contributed by atoms with Crippen LogP contribution < -0.4 is 0 Å². The predicted molar refractivity (Wildman–Crippen MR) is 125 cm³/mol. The minimum absolute atomic E-state index is 0.0103. The first-order valence-corrected chi connectivity index (χ1v) is 12.4. The summed E-state index contributed by atoms with van der Waals surface area (Å²) in [6, 6.07) is 0. The highest BCUT2D eigenvalue weighted by Crippen LogP contribution is 2.80. The van der Waals surface area contributed by atoms with Gasteiger partial charge in [0.05, 0.1) is 5.60 Å². The van der Waals surface area contributed by atoms with Crippen LogP contribution in [0.3, 0.4) is 0 Å². The van der Waals surface area contributed by atoms with Gasteiger partial charge in [-0.25, -0.2) is 0 Å². The van der Waals surface area contributed by atoms with Gasteiger partial charge in [-0.15, -0.1) is 0 Å². The van der Waals surface area contributed by atoms with E-state index in [9.17, 15) is 0 Å². The molecule has 0 aromatic heterocycles. The summed E-state index contributed by atoms with van der Waals surface area (Å²) in [4.78, 5) is 0.